The van der Waals surface area contributed by atoms with Crippen LogP contribution in [0.3, 0.4) is 0 Å². The largest absolute Gasteiger partial charge is 0.353 e. The molecular formula is C10H10ClN3OS3. The van der Waals surface area contributed by atoms with Crippen LogP contribution in [0.4, 0.5) is 5.13 Å². The number of rotatable bonds is 5. The molecule has 0 amide bonds. The number of thioether (sulfide) groups is 1. The molecule has 0 unspecified atom stereocenters. The van der Waals surface area contributed by atoms with Gasteiger partial charge in [0, 0.05) is 14.1 Å². The minimum absolute atomic E-state index is 0.0681. The summed E-state index contributed by atoms with van der Waals surface area (Å²) in [6.45, 7) is 0. The van der Waals surface area contributed by atoms with E-state index < -0.39 is 0 Å². The Kier molecular flexibility index (Phi) is 4.60. The fraction of sp³-hybridized carbons (Fsp3) is 0.300. The van der Waals surface area contributed by atoms with E-state index in [9.17, 15) is 4.79 Å². The van der Waals surface area contributed by atoms with Gasteiger partial charge in [-0.1, -0.05) is 34.7 Å². The molecule has 0 radical (unpaired) electrons. The fourth-order valence-electron chi connectivity index (χ4n) is 1.10. The van der Waals surface area contributed by atoms with E-state index in [1.165, 1.54) is 34.4 Å². The maximum Gasteiger partial charge on any atom is 0.208 e. The highest BCUT2D eigenvalue weighted by Gasteiger charge is 2.12. The molecule has 0 saturated heterocycles. The topological polar surface area (TPSA) is 46.1 Å². The Bertz CT molecular complexity index is 552. The van der Waals surface area contributed by atoms with Gasteiger partial charge in [0.05, 0.1) is 15.0 Å². The minimum Gasteiger partial charge on any atom is -0.353 e. The van der Waals surface area contributed by atoms with Crippen LogP contribution < -0.4 is 4.90 Å². The summed E-state index contributed by atoms with van der Waals surface area (Å²) in [6.07, 6.45) is 0. The number of Topliss-reactive ketones (excluding diaryl/α,β-unsaturated/α-hetero) is 1. The molecule has 2 aromatic rings. The van der Waals surface area contributed by atoms with Gasteiger partial charge in [0.1, 0.15) is 0 Å². The smallest absolute Gasteiger partial charge is 0.208 e. The third-order valence-electron chi connectivity index (χ3n) is 1.95. The van der Waals surface area contributed by atoms with E-state index in [1.807, 2.05) is 19.0 Å². The van der Waals surface area contributed by atoms with Gasteiger partial charge < -0.3 is 4.90 Å². The minimum atomic E-state index is 0.0681. The molecule has 0 bridgehead atoms. The summed E-state index contributed by atoms with van der Waals surface area (Å²) in [5.74, 6) is 0.428. The maximum absolute atomic E-state index is 11.8. The number of hydrogen-bond acceptors (Lipinski definition) is 7. The van der Waals surface area contributed by atoms with Crippen LogP contribution in [-0.2, 0) is 0 Å². The Balaban J connectivity index is 1.93. The molecular weight excluding hydrogens is 310 g/mol. The lowest BCUT2D eigenvalue weighted by Gasteiger charge is -2.03. The van der Waals surface area contributed by atoms with E-state index in [0.29, 0.717) is 15.0 Å². The first-order valence-corrected chi connectivity index (χ1v) is 7.98. The number of carbonyl (C=O) groups excluding carboxylic acids is 1. The van der Waals surface area contributed by atoms with Gasteiger partial charge in [-0.3, -0.25) is 4.79 Å². The van der Waals surface area contributed by atoms with Crippen LogP contribution in [0.1, 0.15) is 9.67 Å². The zero-order valence-corrected chi connectivity index (χ0v) is 12.9. The lowest BCUT2D eigenvalue weighted by atomic mass is 10.4. The molecule has 4 nitrogen and oxygen atoms in total. The second-order valence-corrected chi connectivity index (χ2v) is 7.45. The number of anilines is 1. The Labute approximate surface area is 122 Å². The molecule has 0 aliphatic carbocycles. The van der Waals surface area contributed by atoms with Crippen molar-refractivity contribution in [2.45, 2.75) is 4.34 Å². The molecule has 0 saturated carbocycles. The van der Waals surface area contributed by atoms with Crippen LogP contribution in [-0.4, -0.2) is 35.8 Å². The summed E-state index contributed by atoms with van der Waals surface area (Å²) >= 11 is 9.97. The van der Waals surface area contributed by atoms with Gasteiger partial charge in [-0.2, -0.15) is 0 Å². The van der Waals surface area contributed by atoms with Crippen molar-refractivity contribution in [1.29, 1.82) is 0 Å². The van der Waals surface area contributed by atoms with Gasteiger partial charge in [0.2, 0.25) is 5.13 Å². The highest BCUT2D eigenvalue weighted by atomic mass is 35.5. The van der Waals surface area contributed by atoms with Gasteiger partial charge in [-0.25, -0.2) is 0 Å². The normalized spacial score (nSPS) is 10.6. The molecule has 0 spiro atoms. The standard InChI is InChI=1S/C10H10ClN3OS3/c1-14(2)9-12-13-10(18-9)16-5-6(15)7-3-4-8(11)17-7/h3-4H,5H2,1-2H3. The molecule has 8 heteroatoms. The molecule has 0 aliphatic rings. The molecule has 2 rings (SSSR count). The predicted octanol–water partition coefficient (Wildman–Crippen LogP) is 3.29. The number of ketones is 1. The third-order valence-corrected chi connectivity index (χ3v) is 5.45. The lowest BCUT2D eigenvalue weighted by molar-refractivity contribution is 0.102. The van der Waals surface area contributed by atoms with Gasteiger partial charge in [0.15, 0.2) is 10.1 Å². The first-order chi connectivity index (χ1) is 8.56. The van der Waals surface area contributed by atoms with Gasteiger partial charge in [0.25, 0.3) is 0 Å². The number of halogens is 1. The SMILES string of the molecule is CN(C)c1nnc(SCC(=O)c2ccc(Cl)s2)s1. The number of carbonyl (C=O) groups is 1. The summed E-state index contributed by atoms with van der Waals surface area (Å²) in [5, 5.41) is 8.87. The van der Waals surface area contributed by atoms with Gasteiger partial charge in [-0.05, 0) is 12.1 Å². The highest BCUT2D eigenvalue weighted by molar-refractivity contribution is 8.01. The third kappa shape index (κ3) is 3.44. The predicted molar refractivity (Wildman–Crippen MR) is 78.6 cm³/mol. The molecule has 0 aliphatic heterocycles. The van der Waals surface area contributed by atoms with Crippen LogP contribution in [0.25, 0.3) is 0 Å². The molecule has 96 valence electrons. The second-order valence-electron chi connectivity index (χ2n) is 3.56. The van der Waals surface area contributed by atoms with E-state index in [1.54, 1.807) is 12.1 Å². The van der Waals surface area contributed by atoms with Crippen LogP contribution in [0.15, 0.2) is 16.5 Å². The Hall–Kier alpha value is -0.630. The maximum atomic E-state index is 11.8. The Morgan fingerprint density at radius 1 is 1.39 bits per heavy atom. The van der Waals surface area contributed by atoms with Crippen molar-refractivity contribution in [2.75, 3.05) is 24.7 Å². The van der Waals surface area contributed by atoms with Crippen molar-refractivity contribution >= 4 is 57.0 Å². The summed E-state index contributed by atoms with van der Waals surface area (Å²) in [7, 11) is 3.82. The molecule has 0 N–H and O–H groups in total. The molecule has 2 heterocycles. The second kappa shape index (κ2) is 6.01. The van der Waals surface area contributed by atoms with Gasteiger partial charge >= 0.3 is 0 Å². The van der Waals surface area contributed by atoms with Crippen LogP contribution in [0.5, 0.6) is 0 Å². The van der Waals surface area contributed by atoms with Crippen molar-refractivity contribution in [3.05, 3.63) is 21.3 Å². The molecule has 0 fully saturated rings. The van der Waals surface area contributed by atoms with Gasteiger partial charge in [-0.15, -0.1) is 21.5 Å². The zero-order valence-electron chi connectivity index (χ0n) is 9.71. The summed E-state index contributed by atoms with van der Waals surface area (Å²) in [5.41, 5.74) is 0. The molecule has 0 atom stereocenters. The van der Waals surface area contributed by atoms with E-state index in [2.05, 4.69) is 10.2 Å². The Morgan fingerprint density at radius 2 is 2.17 bits per heavy atom. The van der Waals surface area contributed by atoms with Crippen molar-refractivity contribution in [2.24, 2.45) is 0 Å². The van der Waals surface area contributed by atoms with E-state index in [-0.39, 0.29) is 5.78 Å². The number of hydrogen-bond donors (Lipinski definition) is 0. The number of thiophene rings is 1. The Morgan fingerprint density at radius 3 is 2.72 bits per heavy atom. The van der Waals surface area contributed by atoms with Crippen molar-refractivity contribution in [1.82, 2.24) is 10.2 Å². The van der Waals surface area contributed by atoms with E-state index in [4.69, 9.17) is 11.6 Å². The highest BCUT2D eigenvalue weighted by Crippen LogP contribution is 2.28. The van der Waals surface area contributed by atoms with Crippen LogP contribution in [0, 0.1) is 0 Å². The van der Waals surface area contributed by atoms with E-state index in [0.717, 1.165) is 9.47 Å². The quantitative estimate of drug-likeness (QED) is 0.625. The zero-order chi connectivity index (χ0) is 13.1. The average molecular weight is 320 g/mol. The van der Waals surface area contributed by atoms with Crippen molar-refractivity contribution in [3.63, 3.8) is 0 Å². The lowest BCUT2D eigenvalue weighted by Crippen LogP contribution is -2.07. The first kappa shape index (κ1) is 13.8. The van der Waals surface area contributed by atoms with Crippen LogP contribution in [0.2, 0.25) is 4.34 Å². The average Bonchev–Trinajstić information content (AvgIpc) is 2.94. The first-order valence-electron chi connectivity index (χ1n) is 4.98. The van der Waals surface area contributed by atoms with Crippen molar-refractivity contribution in [3.8, 4) is 0 Å². The summed E-state index contributed by atoms with van der Waals surface area (Å²) in [4.78, 5) is 14.4. The number of aromatic nitrogens is 2. The molecule has 18 heavy (non-hydrogen) atoms. The van der Waals surface area contributed by atoms with Crippen molar-refractivity contribution < 1.29 is 4.79 Å². The molecule has 0 aromatic carbocycles. The fourth-order valence-corrected chi connectivity index (χ4v) is 3.82. The monoisotopic (exact) mass is 319 g/mol. The summed E-state index contributed by atoms with van der Waals surface area (Å²) < 4.78 is 1.43. The molecule has 2 aromatic heterocycles. The number of nitrogens with zero attached hydrogens (tertiary/aromatic N) is 3. The summed E-state index contributed by atoms with van der Waals surface area (Å²) in [6, 6.07) is 3.49. The van der Waals surface area contributed by atoms with Crippen LogP contribution >= 0.6 is 46.0 Å². The van der Waals surface area contributed by atoms with E-state index >= 15 is 0 Å².